The van der Waals surface area contributed by atoms with E-state index in [4.69, 9.17) is 4.74 Å². The van der Waals surface area contributed by atoms with Crippen LogP contribution in [0, 0.1) is 0 Å². The quantitative estimate of drug-likeness (QED) is 0.892. The second kappa shape index (κ2) is 5.47. The minimum Gasteiger partial charge on any atom is -0.377 e. The molecule has 2 saturated heterocycles. The van der Waals surface area contributed by atoms with Crippen LogP contribution in [-0.2, 0) is 24.2 Å². The molecular formula is C17H24N2O. The first-order chi connectivity index (χ1) is 9.90. The summed E-state index contributed by atoms with van der Waals surface area (Å²) in [6.07, 6.45) is 5.45. The number of rotatable bonds is 2. The Morgan fingerprint density at radius 2 is 2.25 bits per heavy atom. The molecule has 0 amide bonds. The van der Waals surface area contributed by atoms with Gasteiger partial charge in [-0.25, -0.2) is 0 Å². The molecule has 0 unspecified atom stereocenters. The molecule has 1 aromatic rings. The summed E-state index contributed by atoms with van der Waals surface area (Å²) < 4.78 is 5.86. The van der Waals surface area contributed by atoms with Crippen LogP contribution in [0.4, 0.5) is 0 Å². The fraction of sp³-hybridized carbons (Fsp3) is 0.647. The molecule has 2 atom stereocenters. The summed E-state index contributed by atoms with van der Waals surface area (Å²) in [6.45, 7) is 5.45. The number of hydrogen-bond acceptors (Lipinski definition) is 3. The van der Waals surface area contributed by atoms with Crippen molar-refractivity contribution in [1.82, 2.24) is 10.2 Å². The van der Waals surface area contributed by atoms with Crippen LogP contribution in [0.1, 0.15) is 36.0 Å². The van der Waals surface area contributed by atoms with Gasteiger partial charge in [0.15, 0.2) is 0 Å². The summed E-state index contributed by atoms with van der Waals surface area (Å²) in [4.78, 5) is 2.65. The fourth-order valence-corrected chi connectivity index (χ4v) is 4.05. The zero-order valence-electron chi connectivity index (χ0n) is 12.1. The Morgan fingerprint density at radius 1 is 1.25 bits per heavy atom. The Kier molecular flexibility index (Phi) is 3.51. The topological polar surface area (TPSA) is 24.5 Å². The van der Waals surface area contributed by atoms with Crippen molar-refractivity contribution in [2.75, 3.05) is 19.7 Å². The largest absolute Gasteiger partial charge is 0.377 e. The second-order valence-corrected chi connectivity index (χ2v) is 6.41. The van der Waals surface area contributed by atoms with Crippen LogP contribution in [0.25, 0.3) is 0 Å². The van der Waals surface area contributed by atoms with E-state index >= 15 is 0 Å². The van der Waals surface area contributed by atoms with E-state index in [1.54, 1.807) is 0 Å². The number of fused-ring (bicyclic) bond motifs is 2. The van der Waals surface area contributed by atoms with Crippen molar-refractivity contribution < 1.29 is 4.74 Å². The molecule has 3 heterocycles. The number of nitrogens with zero attached hydrogens (tertiary/aromatic N) is 1. The van der Waals surface area contributed by atoms with Gasteiger partial charge in [0, 0.05) is 25.7 Å². The van der Waals surface area contributed by atoms with Crippen LogP contribution in [0.3, 0.4) is 0 Å². The first kappa shape index (κ1) is 12.8. The van der Waals surface area contributed by atoms with E-state index in [0.717, 1.165) is 26.2 Å². The van der Waals surface area contributed by atoms with Gasteiger partial charge in [-0.2, -0.15) is 0 Å². The minimum absolute atomic E-state index is 0.503. The maximum Gasteiger partial charge on any atom is 0.0731 e. The van der Waals surface area contributed by atoms with Crippen LogP contribution < -0.4 is 5.32 Å². The predicted molar refractivity (Wildman–Crippen MR) is 79.6 cm³/mol. The maximum atomic E-state index is 5.86. The summed E-state index contributed by atoms with van der Waals surface area (Å²) in [5.41, 5.74) is 4.51. The molecule has 0 radical (unpaired) electrons. The van der Waals surface area contributed by atoms with Crippen molar-refractivity contribution in [3.05, 3.63) is 34.9 Å². The zero-order chi connectivity index (χ0) is 13.4. The molecule has 2 fully saturated rings. The summed E-state index contributed by atoms with van der Waals surface area (Å²) in [5, 5.41) is 3.48. The molecule has 0 bridgehead atoms. The van der Waals surface area contributed by atoms with Crippen molar-refractivity contribution in [3.8, 4) is 0 Å². The Hall–Kier alpha value is -0.900. The van der Waals surface area contributed by atoms with Crippen molar-refractivity contribution in [1.29, 1.82) is 0 Å². The summed E-state index contributed by atoms with van der Waals surface area (Å²) >= 11 is 0. The summed E-state index contributed by atoms with van der Waals surface area (Å²) in [5.74, 6) is 0. The van der Waals surface area contributed by atoms with Crippen molar-refractivity contribution in [2.24, 2.45) is 0 Å². The molecular weight excluding hydrogens is 248 g/mol. The Bertz CT molecular complexity index is 488. The van der Waals surface area contributed by atoms with Crippen molar-refractivity contribution in [3.63, 3.8) is 0 Å². The number of likely N-dealkylation sites (tertiary alicyclic amines) is 1. The maximum absolute atomic E-state index is 5.86. The van der Waals surface area contributed by atoms with Gasteiger partial charge in [0.2, 0.25) is 0 Å². The standard InChI is InChI=1S/C17H24N2O/c1-2-17-16(6-9-20-17)19(8-1)12-13-3-4-14-5-7-18-11-15(14)10-13/h3-4,10,16-18H,1-2,5-9,11-12H2/t16-,17-/m0/s1. The number of piperidine rings is 1. The molecule has 0 saturated carbocycles. The highest BCUT2D eigenvalue weighted by Crippen LogP contribution is 2.29. The fourth-order valence-electron chi connectivity index (χ4n) is 4.05. The molecule has 3 aliphatic heterocycles. The normalized spacial score (nSPS) is 30.0. The van der Waals surface area contributed by atoms with E-state index in [2.05, 4.69) is 28.4 Å². The third kappa shape index (κ3) is 2.39. The molecule has 3 heteroatoms. The molecule has 0 aromatic heterocycles. The lowest BCUT2D eigenvalue weighted by molar-refractivity contribution is 0.0232. The average Bonchev–Trinajstić information content (AvgIpc) is 2.97. The van der Waals surface area contributed by atoms with Crippen LogP contribution in [0.15, 0.2) is 18.2 Å². The van der Waals surface area contributed by atoms with E-state index in [0.29, 0.717) is 12.1 Å². The zero-order valence-corrected chi connectivity index (χ0v) is 12.1. The number of ether oxygens (including phenoxy) is 1. The van der Waals surface area contributed by atoms with Crippen LogP contribution in [-0.4, -0.2) is 36.7 Å². The van der Waals surface area contributed by atoms with Gasteiger partial charge in [0.25, 0.3) is 0 Å². The van der Waals surface area contributed by atoms with Crippen LogP contribution in [0.2, 0.25) is 0 Å². The summed E-state index contributed by atoms with van der Waals surface area (Å²) in [6, 6.07) is 7.76. The molecule has 1 aromatic carbocycles. The van der Waals surface area contributed by atoms with Gasteiger partial charge in [-0.15, -0.1) is 0 Å². The van der Waals surface area contributed by atoms with E-state index < -0.39 is 0 Å². The molecule has 20 heavy (non-hydrogen) atoms. The lowest BCUT2D eigenvalue weighted by Crippen LogP contribution is -2.45. The second-order valence-electron chi connectivity index (χ2n) is 6.41. The highest BCUT2D eigenvalue weighted by Gasteiger charge is 2.35. The lowest BCUT2D eigenvalue weighted by atomic mass is 9.95. The van der Waals surface area contributed by atoms with Gasteiger partial charge >= 0.3 is 0 Å². The molecule has 1 N–H and O–H groups in total. The third-order valence-electron chi connectivity index (χ3n) is 5.12. The highest BCUT2D eigenvalue weighted by atomic mass is 16.5. The van der Waals surface area contributed by atoms with Gasteiger partial charge in [-0.05, 0) is 55.5 Å². The van der Waals surface area contributed by atoms with Gasteiger partial charge in [-0.3, -0.25) is 4.90 Å². The van der Waals surface area contributed by atoms with E-state index in [1.807, 2.05) is 0 Å². The highest BCUT2D eigenvalue weighted by molar-refractivity contribution is 5.33. The van der Waals surface area contributed by atoms with Crippen molar-refractivity contribution >= 4 is 0 Å². The number of benzene rings is 1. The average molecular weight is 272 g/mol. The molecule has 0 spiro atoms. The first-order valence-corrected chi connectivity index (χ1v) is 8.07. The minimum atomic E-state index is 0.503. The van der Waals surface area contributed by atoms with E-state index in [9.17, 15) is 0 Å². The van der Waals surface area contributed by atoms with E-state index in [-0.39, 0.29) is 0 Å². The molecule has 4 rings (SSSR count). The Balaban J connectivity index is 1.50. The van der Waals surface area contributed by atoms with Gasteiger partial charge in [0.05, 0.1) is 6.10 Å². The molecule has 108 valence electrons. The number of nitrogens with one attached hydrogen (secondary N) is 1. The summed E-state index contributed by atoms with van der Waals surface area (Å²) in [7, 11) is 0. The van der Waals surface area contributed by atoms with Gasteiger partial charge in [-0.1, -0.05) is 18.2 Å². The van der Waals surface area contributed by atoms with Crippen molar-refractivity contribution in [2.45, 2.75) is 50.9 Å². The number of hydrogen-bond donors (Lipinski definition) is 1. The smallest absolute Gasteiger partial charge is 0.0731 e. The Labute approximate surface area is 121 Å². The molecule has 3 nitrogen and oxygen atoms in total. The lowest BCUT2D eigenvalue weighted by Gasteiger charge is -2.36. The molecule has 3 aliphatic rings. The predicted octanol–water partition coefficient (Wildman–Crippen LogP) is 2.09. The van der Waals surface area contributed by atoms with Gasteiger partial charge in [0.1, 0.15) is 0 Å². The van der Waals surface area contributed by atoms with Crippen LogP contribution >= 0.6 is 0 Å². The van der Waals surface area contributed by atoms with E-state index in [1.165, 1.54) is 48.9 Å². The third-order valence-corrected chi connectivity index (χ3v) is 5.12. The van der Waals surface area contributed by atoms with Crippen LogP contribution in [0.5, 0.6) is 0 Å². The SMILES string of the molecule is c1cc2c(cc1CN1CCC[C@@H]3OCC[C@@H]31)CNCC2. The Morgan fingerprint density at radius 3 is 3.25 bits per heavy atom. The first-order valence-electron chi connectivity index (χ1n) is 8.07. The van der Waals surface area contributed by atoms with Gasteiger partial charge < -0.3 is 10.1 Å². The molecule has 0 aliphatic carbocycles. The monoisotopic (exact) mass is 272 g/mol.